The maximum absolute atomic E-state index is 14.7. The summed E-state index contributed by atoms with van der Waals surface area (Å²) in [6, 6.07) is 3.42. The lowest BCUT2D eigenvalue weighted by Crippen LogP contribution is -2.50. The molecule has 0 bridgehead atoms. The molecule has 2 fully saturated rings. The monoisotopic (exact) mass is 448 g/mol. The Balaban J connectivity index is 1.69. The van der Waals surface area contributed by atoms with E-state index in [4.69, 9.17) is 9.47 Å². The Hall–Kier alpha value is -1.69. The van der Waals surface area contributed by atoms with Crippen LogP contribution in [0.4, 0.5) is 9.18 Å². The Morgan fingerprint density at radius 2 is 1.91 bits per heavy atom. The highest BCUT2D eigenvalue weighted by Gasteiger charge is 2.51. The van der Waals surface area contributed by atoms with Crippen molar-refractivity contribution >= 4 is 6.09 Å². The van der Waals surface area contributed by atoms with Crippen molar-refractivity contribution in [2.75, 3.05) is 0 Å². The van der Waals surface area contributed by atoms with Crippen LogP contribution >= 0.6 is 0 Å². The van der Waals surface area contributed by atoms with Crippen LogP contribution in [0.1, 0.15) is 104 Å². The Morgan fingerprint density at radius 3 is 2.53 bits per heavy atom. The first-order valence-electron chi connectivity index (χ1n) is 12.3. The second-order valence-corrected chi connectivity index (χ2v) is 10.9. The number of hydrogen-bond donors (Lipinski definition) is 0. The molecule has 0 aromatic carbocycles. The number of aromatic nitrogens is 1. The number of carbonyl (C=O) groups excluding carboxylic acids is 1. The van der Waals surface area contributed by atoms with E-state index >= 15 is 0 Å². The van der Waals surface area contributed by atoms with Crippen molar-refractivity contribution in [3.8, 4) is 0 Å². The molecule has 32 heavy (non-hydrogen) atoms. The molecular weight excluding hydrogens is 407 g/mol. The Kier molecular flexibility index (Phi) is 8.18. The number of pyridine rings is 1. The van der Waals surface area contributed by atoms with E-state index in [1.807, 2.05) is 39.5 Å². The minimum atomic E-state index is -1.01. The maximum Gasteiger partial charge on any atom is 0.412 e. The van der Waals surface area contributed by atoms with Gasteiger partial charge in [-0.3, -0.25) is 9.88 Å². The molecule has 2 heterocycles. The number of hydrogen-bond acceptors (Lipinski definition) is 4. The van der Waals surface area contributed by atoms with Gasteiger partial charge in [0.25, 0.3) is 0 Å². The third kappa shape index (κ3) is 6.66. The average molecular weight is 449 g/mol. The van der Waals surface area contributed by atoms with E-state index in [1.165, 1.54) is 32.1 Å². The number of nitrogens with zero attached hydrogens (tertiary/aromatic N) is 2. The smallest absolute Gasteiger partial charge is 0.412 e. The van der Waals surface area contributed by atoms with Gasteiger partial charge in [-0.15, -0.1) is 0 Å². The van der Waals surface area contributed by atoms with Gasteiger partial charge in [0.2, 0.25) is 0 Å². The summed E-state index contributed by atoms with van der Waals surface area (Å²) in [6.07, 6.45) is 10.9. The highest BCUT2D eigenvalue weighted by atomic mass is 19.1. The number of halogens is 1. The number of ether oxygens (including phenoxy) is 2. The quantitative estimate of drug-likeness (QED) is 0.452. The molecule has 0 unspecified atom stereocenters. The van der Waals surface area contributed by atoms with Crippen LogP contribution in [-0.2, 0) is 9.47 Å². The molecule has 1 saturated heterocycles. The molecule has 1 aliphatic carbocycles. The molecule has 0 N–H and O–H groups in total. The Labute approximate surface area is 193 Å². The zero-order valence-corrected chi connectivity index (χ0v) is 20.5. The van der Waals surface area contributed by atoms with Gasteiger partial charge in [0.1, 0.15) is 17.5 Å². The van der Waals surface area contributed by atoms with Gasteiger partial charge < -0.3 is 9.47 Å². The number of alkyl halides is 1. The molecule has 2 aliphatic rings. The number of rotatable bonds is 7. The van der Waals surface area contributed by atoms with Gasteiger partial charge in [-0.2, -0.15) is 0 Å². The lowest BCUT2D eigenvalue weighted by atomic mass is 9.83. The van der Waals surface area contributed by atoms with Gasteiger partial charge in [0.05, 0.1) is 12.1 Å². The van der Waals surface area contributed by atoms with Crippen LogP contribution in [0, 0.1) is 5.92 Å². The van der Waals surface area contributed by atoms with E-state index in [0.29, 0.717) is 24.3 Å². The molecule has 1 aliphatic heterocycles. The zero-order valence-electron chi connectivity index (χ0n) is 20.5. The van der Waals surface area contributed by atoms with Crippen LogP contribution in [0.25, 0.3) is 0 Å². The van der Waals surface area contributed by atoms with Crippen LogP contribution in [0.3, 0.4) is 0 Å². The summed E-state index contributed by atoms with van der Waals surface area (Å²) >= 11 is 0. The standard InChI is InChI=1S/C26H41FN2O3/c1-25(2,3)32-24(30)29-22(18-19-10-7-6-8-11-19)23(31-26(29,4)5)13-9-12-21(27)20-14-16-28-17-15-20/h14-17,19,21-23H,6-13,18H2,1-5H3/t21-,22+,23+/m1/s1. The summed E-state index contributed by atoms with van der Waals surface area (Å²) < 4.78 is 26.9. The third-order valence-corrected chi connectivity index (χ3v) is 6.68. The summed E-state index contributed by atoms with van der Waals surface area (Å²) in [5, 5.41) is 0. The van der Waals surface area contributed by atoms with E-state index in [0.717, 1.165) is 12.8 Å². The fourth-order valence-corrected chi connectivity index (χ4v) is 5.25. The minimum Gasteiger partial charge on any atom is -0.444 e. The van der Waals surface area contributed by atoms with Crippen molar-refractivity contribution in [1.29, 1.82) is 0 Å². The molecule has 1 aromatic rings. The maximum atomic E-state index is 14.7. The highest BCUT2D eigenvalue weighted by molar-refractivity contribution is 5.70. The van der Waals surface area contributed by atoms with Crippen LogP contribution in [0.5, 0.6) is 0 Å². The van der Waals surface area contributed by atoms with Crippen LogP contribution in [0.2, 0.25) is 0 Å². The van der Waals surface area contributed by atoms with Crippen molar-refractivity contribution < 1.29 is 18.7 Å². The van der Waals surface area contributed by atoms with Crippen molar-refractivity contribution in [2.24, 2.45) is 5.92 Å². The number of carbonyl (C=O) groups is 1. The molecule has 3 rings (SSSR count). The fourth-order valence-electron chi connectivity index (χ4n) is 5.25. The minimum absolute atomic E-state index is 0.0399. The predicted molar refractivity (Wildman–Crippen MR) is 124 cm³/mol. The summed E-state index contributed by atoms with van der Waals surface area (Å²) in [7, 11) is 0. The van der Waals surface area contributed by atoms with Crippen molar-refractivity contribution in [3.63, 3.8) is 0 Å². The first kappa shape index (κ1) is 24.9. The van der Waals surface area contributed by atoms with Crippen molar-refractivity contribution in [2.45, 2.75) is 122 Å². The van der Waals surface area contributed by atoms with Crippen molar-refractivity contribution in [1.82, 2.24) is 9.88 Å². The average Bonchev–Trinajstić information content (AvgIpc) is 2.97. The molecule has 1 amide bonds. The van der Waals surface area contributed by atoms with Crippen LogP contribution < -0.4 is 0 Å². The van der Waals surface area contributed by atoms with Crippen LogP contribution in [-0.4, -0.2) is 39.4 Å². The van der Waals surface area contributed by atoms with Gasteiger partial charge in [0.15, 0.2) is 0 Å². The SMILES string of the molecule is CC(C)(C)OC(=O)N1[C@@H](CC2CCCCC2)[C@H](CCC[C@@H](F)c2ccncc2)OC1(C)C. The van der Waals surface area contributed by atoms with Gasteiger partial charge >= 0.3 is 6.09 Å². The molecule has 3 atom stereocenters. The lowest BCUT2D eigenvalue weighted by molar-refractivity contribution is -0.0803. The molecular formula is C26H41FN2O3. The van der Waals surface area contributed by atoms with E-state index < -0.39 is 17.5 Å². The molecule has 1 aromatic heterocycles. The van der Waals surface area contributed by atoms with Gasteiger partial charge in [0, 0.05) is 12.4 Å². The third-order valence-electron chi connectivity index (χ3n) is 6.68. The summed E-state index contributed by atoms with van der Waals surface area (Å²) in [5.41, 5.74) is -0.638. The first-order chi connectivity index (χ1) is 15.1. The normalized spacial score (nSPS) is 25.0. The van der Waals surface area contributed by atoms with Crippen LogP contribution in [0.15, 0.2) is 24.5 Å². The zero-order chi connectivity index (χ0) is 23.4. The van der Waals surface area contributed by atoms with E-state index in [2.05, 4.69) is 4.98 Å². The second-order valence-electron chi connectivity index (χ2n) is 10.9. The summed E-state index contributed by atoms with van der Waals surface area (Å²) in [6.45, 7) is 9.56. The lowest BCUT2D eigenvalue weighted by Gasteiger charge is -2.37. The molecule has 180 valence electrons. The number of amides is 1. The van der Waals surface area contributed by atoms with E-state index in [1.54, 1.807) is 24.5 Å². The summed E-state index contributed by atoms with van der Waals surface area (Å²) in [5.74, 6) is 0.601. The predicted octanol–water partition coefficient (Wildman–Crippen LogP) is 6.97. The molecule has 1 saturated carbocycles. The molecule has 0 spiro atoms. The highest BCUT2D eigenvalue weighted by Crippen LogP contribution is 2.41. The van der Waals surface area contributed by atoms with Crippen molar-refractivity contribution in [3.05, 3.63) is 30.1 Å². The van der Waals surface area contributed by atoms with Gasteiger partial charge in [-0.25, -0.2) is 9.18 Å². The molecule has 5 nitrogen and oxygen atoms in total. The molecule has 0 radical (unpaired) electrons. The largest absolute Gasteiger partial charge is 0.444 e. The first-order valence-corrected chi connectivity index (χ1v) is 12.3. The van der Waals surface area contributed by atoms with E-state index in [9.17, 15) is 9.18 Å². The Bertz CT molecular complexity index is 728. The van der Waals surface area contributed by atoms with Gasteiger partial charge in [-0.05, 0) is 83.9 Å². The van der Waals surface area contributed by atoms with E-state index in [-0.39, 0.29) is 18.2 Å². The fraction of sp³-hybridized carbons (Fsp3) is 0.769. The molecule has 6 heteroatoms. The summed E-state index contributed by atoms with van der Waals surface area (Å²) in [4.78, 5) is 19.0. The van der Waals surface area contributed by atoms with Gasteiger partial charge in [-0.1, -0.05) is 32.1 Å². The topological polar surface area (TPSA) is 51.7 Å². The second kappa shape index (κ2) is 10.5. The Morgan fingerprint density at radius 1 is 1.25 bits per heavy atom.